The van der Waals surface area contributed by atoms with Gasteiger partial charge >= 0.3 is 11.9 Å². The summed E-state index contributed by atoms with van der Waals surface area (Å²) in [5.41, 5.74) is 8.38. The average Bonchev–Trinajstić information content (AvgIpc) is 4.24. The molecule has 1 aliphatic heterocycles. The summed E-state index contributed by atoms with van der Waals surface area (Å²) in [5, 5.41) is 22.9. The molecule has 384 valence electrons. The second-order valence-corrected chi connectivity index (χ2v) is 22.0. The number of carbonyl (C=O) groups excluding carboxylic acids is 2. The van der Waals surface area contributed by atoms with E-state index in [0.717, 1.165) is 92.3 Å². The smallest absolute Gasteiger partial charge is 0.308 e. The third-order valence-corrected chi connectivity index (χ3v) is 12.6. The number of aliphatic hydroxyl groups is 2. The molecular formula is C61H68F2N2O8. The van der Waals surface area contributed by atoms with Crippen molar-refractivity contribution in [3.05, 3.63) is 143 Å². The van der Waals surface area contributed by atoms with Crippen LogP contribution in [0.3, 0.4) is 0 Å². The Balaban J connectivity index is 0.000000196. The van der Waals surface area contributed by atoms with Gasteiger partial charge in [0.25, 0.3) is 0 Å². The van der Waals surface area contributed by atoms with Crippen molar-refractivity contribution in [2.24, 2.45) is 0 Å². The van der Waals surface area contributed by atoms with Crippen molar-refractivity contribution in [1.29, 1.82) is 0 Å². The van der Waals surface area contributed by atoms with Gasteiger partial charge in [0.15, 0.2) is 5.79 Å². The van der Waals surface area contributed by atoms with Crippen LogP contribution in [0.15, 0.2) is 109 Å². The quantitative estimate of drug-likeness (QED) is 0.101. The molecule has 10 nitrogen and oxygen atoms in total. The third-order valence-electron chi connectivity index (χ3n) is 12.6. The molecule has 0 radical (unpaired) electrons. The SMILES string of the molecule is CC(C)(C)OC(=O)C[C@H](O)C[C@H](O)/C=C/c1c(C2CC2)nc2ccccc2c1-c1ccc(F)cc1.CC(C)(C)OC(=O)C[C@H]1C[C@@H](/C=C/c2c(C3CC3)nc3ccccc3c2-c2ccc(F)cc2)OC(C)(C)O1. The fourth-order valence-electron chi connectivity index (χ4n) is 9.41. The van der Waals surface area contributed by atoms with Gasteiger partial charge in [-0.1, -0.05) is 85.0 Å². The second kappa shape index (κ2) is 22.1. The number of rotatable bonds is 14. The molecular weight excluding hydrogens is 927 g/mol. The van der Waals surface area contributed by atoms with Crippen LogP contribution < -0.4 is 0 Å². The van der Waals surface area contributed by atoms with Crippen molar-refractivity contribution in [2.75, 3.05) is 0 Å². The molecule has 2 saturated carbocycles. The second-order valence-electron chi connectivity index (χ2n) is 22.0. The summed E-state index contributed by atoms with van der Waals surface area (Å²) in [7, 11) is 0. The summed E-state index contributed by atoms with van der Waals surface area (Å²) >= 11 is 0. The molecule has 12 heteroatoms. The van der Waals surface area contributed by atoms with Crippen molar-refractivity contribution in [3.63, 3.8) is 0 Å². The van der Waals surface area contributed by atoms with Crippen molar-refractivity contribution in [1.82, 2.24) is 9.97 Å². The molecule has 0 spiro atoms. The largest absolute Gasteiger partial charge is 0.460 e. The van der Waals surface area contributed by atoms with Gasteiger partial charge in [-0.2, -0.15) is 0 Å². The number of hydrogen-bond donors (Lipinski definition) is 2. The number of nitrogens with zero attached hydrogens (tertiary/aromatic N) is 2. The van der Waals surface area contributed by atoms with Crippen LogP contribution in [-0.2, 0) is 28.5 Å². The Morgan fingerprint density at radius 1 is 0.685 bits per heavy atom. The van der Waals surface area contributed by atoms with Crippen LogP contribution in [0.4, 0.5) is 8.78 Å². The van der Waals surface area contributed by atoms with Gasteiger partial charge in [-0.05, 0) is 129 Å². The molecule has 0 amide bonds. The molecule has 4 atom stereocenters. The van der Waals surface area contributed by atoms with Gasteiger partial charge in [0.05, 0.1) is 59.7 Å². The minimum absolute atomic E-state index is 0.00139. The molecule has 3 heterocycles. The van der Waals surface area contributed by atoms with E-state index in [9.17, 15) is 28.6 Å². The van der Waals surface area contributed by atoms with E-state index in [2.05, 4.69) is 18.2 Å². The van der Waals surface area contributed by atoms with Crippen molar-refractivity contribution in [2.45, 2.75) is 160 Å². The average molecular weight is 995 g/mol. The molecule has 3 aliphatic rings. The lowest BCUT2D eigenvalue weighted by atomic mass is 9.92. The maximum absolute atomic E-state index is 13.8. The number of pyridine rings is 2. The van der Waals surface area contributed by atoms with Crippen LogP contribution in [-0.4, -0.2) is 73.5 Å². The zero-order valence-electron chi connectivity index (χ0n) is 43.2. The Morgan fingerprint density at radius 3 is 1.63 bits per heavy atom. The van der Waals surface area contributed by atoms with Crippen LogP contribution in [0.5, 0.6) is 0 Å². The van der Waals surface area contributed by atoms with Gasteiger partial charge in [0.1, 0.15) is 22.8 Å². The molecule has 9 rings (SSSR count). The molecule has 2 aromatic heterocycles. The first-order chi connectivity index (χ1) is 34.6. The van der Waals surface area contributed by atoms with Crippen LogP contribution in [0.2, 0.25) is 0 Å². The Bertz CT molecular complexity index is 2980. The maximum atomic E-state index is 13.8. The number of fused-ring (bicyclic) bond motifs is 2. The van der Waals surface area contributed by atoms with E-state index in [4.69, 9.17) is 28.9 Å². The molecule has 2 aliphatic carbocycles. The highest BCUT2D eigenvalue weighted by atomic mass is 19.1. The highest BCUT2D eigenvalue weighted by Crippen LogP contribution is 2.47. The number of aliphatic hydroxyl groups excluding tert-OH is 2. The molecule has 4 aromatic carbocycles. The standard InChI is InChI=1S/C32H36FNO4.C29H32FNO4/c1-31(2,3)38-28(35)19-24-18-23(36-32(4,5)37-24)16-17-26-29(20-12-14-22(33)15-13-20)25-8-6-7-9-27(25)34-30(26)21-10-11-21;1-29(2,3)35-26(34)17-22(33)16-21(32)14-15-24-27(18-10-12-20(30)13-11-18)23-6-4-5-7-25(23)31-28(24)19-8-9-19/h6-9,12-17,21,23-24H,10-11,18-19H2,1-5H3;4-7,10-15,19,21-22,32-33H,8-9,16-17H2,1-3H3/b17-16+;15-14+/t23-,24-;21-,22-/m11/s1. The van der Waals surface area contributed by atoms with Gasteiger partial charge in [-0.15, -0.1) is 0 Å². The first kappa shape index (κ1) is 53.1. The molecule has 0 bridgehead atoms. The molecule has 2 N–H and O–H groups in total. The lowest BCUT2D eigenvalue weighted by Crippen LogP contribution is -2.45. The molecule has 73 heavy (non-hydrogen) atoms. The predicted octanol–water partition coefficient (Wildman–Crippen LogP) is 13.3. The van der Waals surface area contributed by atoms with E-state index in [1.165, 1.54) is 24.3 Å². The molecule has 3 fully saturated rings. The monoisotopic (exact) mass is 994 g/mol. The summed E-state index contributed by atoms with van der Waals surface area (Å²) in [6.07, 6.45) is 9.87. The first-order valence-electron chi connectivity index (χ1n) is 25.5. The number of halogens is 2. The van der Waals surface area contributed by atoms with Crippen molar-refractivity contribution >= 4 is 45.9 Å². The minimum Gasteiger partial charge on any atom is -0.460 e. The number of hydrogen-bond acceptors (Lipinski definition) is 10. The first-order valence-corrected chi connectivity index (χ1v) is 25.5. The summed E-state index contributed by atoms with van der Waals surface area (Å²) in [4.78, 5) is 34.5. The lowest BCUT2D eigenvalue weighted by Gasteiger charge is -2.39. The van der Waals surface area contributed by atoms with Gasteiger partial charge in [-0.25, -0.2) is 8.78 Å². The van der Waals surface area contributed by atoms with E-state index < -0.39 is 35.2 Å². The zero-order valence-corrected chi connectivity index (χ0v) is 43.2. The van der Waals surface area contributed by atoms with Crippen LogP contribution in [0.1, 0.15) is 141 Å². The van der Waals surface area contributed by atoms with Gasteiger partial charge in [0, 0.05) is 57.7 Å². The molecule has 0 unspecified atom stereocenters. The van der Waals surface area contributed by atoms with Crippen molar-refractivity contribution < 1.29 is 47.5 Å². The third kappa shape index (κ3) is 14.5. The van der Waals surface area contributed by atoms with Crippen LogP contribution >= 0.6 is 0 Å². The highest BCUT2D eigenvalue weighted by Gasteiger charge is 2.37. The van der Waals surface area contributed by atoms with Crippen LogP contribution in [0, 0.1) is 11.6 Å². The Hall–Kier alpha value is -6.18. The Labute approximate surface area is 427 Å². The molecule has 6 aromatic rings. The topological polar surface area (TPSA) is 137 Å². The van der Waals surface area contributed by atoms with E-state index in [-0.39, 0.29) is 49.1 Å². The number of ether oxygens (including phenoxy) is 4. The number of esters is 2. The predicted molar refractivity (Wildman–Crippen MR) is 282 cm³/mol. The van der Waals surface area contributed by atoms with Crippen LogP contribution in [0.25, 0.3) is 56.2 Å². The fraction of sp³-hybridized carbons (Fsp3) is 0.410. The normalized spacial score (nSPS) is 18.9. The minimum atomic E-state index is -1.03. The van der Waals surface area contributed by atoms with Gasteiger partial charge in [-0.3, -0.25) is 19.6 Å². The zero-order chi connectivity index (χ0) is 52.2. The number of aromatic nitrogens is 2. The number of benzene rings is 4. The fourth-order valence-corrected chi connectivity index (χ4v) is 9.41. The van der Waals surface area contributed by atoms with Gasteiger partial charge < -0.3 is 29.2 Å². The summed E-state index contributed by atoms with van der Waals surface area (Å²) < 4.78 is 50.6. The number of carbonyl (C=O) groups is 2. The van der Waals surface area contributed by atoms with Gasteiger partial charge in [0.2, 0.25) is 0 Å². The lowest BCUT2D eigenvalue weighted by molar-refractivity contribution is -0.290. The van der Waals surface area contributed by atoms with E-state index >= 15 is 0 Å². The number of para-hydroxylation sites is 2. The van der Waals surface area contributed by atoms with E-state index in [1.807, 2.05) is 95.3 Å². The van der Waals surface area contributed by atoms with Crippen molar-refractivity contribution in [3.8, 4) is 22.3 Å². The Morgan fingerprint density at radius 2 is 1.15 bits per heavy atom. The van der Waals surface area contributed by atoms with E-state index in [1.54, 1.807) is 39.0 Å². The summed E-state index contributed by atoms with van der Waals surface area (Å²) in [5.74, 6) is -1.45. The summed E-state index contributed by atoms with van der Waals surface area (Å²) in [6.45, 7) is 14.6. The van der Waals surface area contributed by atoms with E-state index in [0.29, 0.717) is 18.3 Å². The molecule has 1 saturated heterocycles. The summed E-state index contributed by atoms with van der Waals surface area (Å²) in [6, 6.07) is 29.0. The maximum Gasteiger partial charge on any atom is 0.308 e. The highest BCUT2D eigenvalue weighted by molar-refractivity contribution is 6.00. The Kier molecular flexibility index (Phi) is 16.1.